The maximum absolute atomic E-state index is 5.94. The molecule has 76 valence electrons. The summed E-state index contributed by atoms with van der Waals surface area (Å²) in [4.78, 5) is 0. The van der Waals surface area contributed by atoms with Crippen LogP contribution in [0.1, 0.15) is 42.9 Å². The molecule has 1 atom stereocenters. The highest BCUT2D eigenvalue weighted by atomic mass is 14.6. The molecule has 1 aromatic rings. The van der Waals surface area contributed by atoms with Gasteiger partial charge in [0.25, 0.3) is 0 Å². The normalized spacial score (nSPS) is 23.6. The molecule has 0 radical (unpaired) electrons. The molecule has 1 heteroatoms. The molecule has 0 amide bonds. The number of anilines is 1. The summed E-state index contributed by atoms with van der Waals surface area (Å²) in [6.45, 7) is 8.86. The molecule has 2 rings (SSSR count). The molecule has 2 N–H and O–H groups in total. The van der Waals surface area contributed by atoms with E-state index in [0.29, 0.717) is 5.41 Å². The molecule has 1 saturated carbocycles. The minimum Gasteiger partial charge on any atom is -0.398 e. The highest BCUT2D eigenvalue weighted by molar-refractivity contribution is 5.55. The van der Waals surface area contributed by atoms with Gasteiger partial charge in [0.05, 0.1) is 0 Å². The molecule has 1 fully saturated rings. The molecule has 1 aliphatic rings. The van der Waals surface area contributed by atoms with Crippen LogP contribution >= 0.6 is 0 Å². The second-order valence-corrected chi connectivity index (χ2v) is 5.31. The number of benzene rings is 1. The molecule has 0 heterocycles. The van der Waals surface area contributed by atoms with E-state index in [1.54, 1.807) is 0 Å². The second-order valence-electron chi connectivity index (χ2n) is 5.31. The summed E-state index contributed by atoms with van der Waals surface area (Å²) in [5.74, 6) is 0.750. The first-order valence-corrected chi connectivity index (χ1v) is 5.28. The quantitative estimate of drug-likeness (QED) is 0.673. The fourth-order valence-corrected chi connectivity index (χ4v) is 2.25. The van der Waals surface area contributed by atoms with Gasteiger partial charge in [0.15, 0.2) is 0 Å². The van der Waals surface area contributed by atoms with Crippen LogP contribution in [0.25, 0.3) is 0 Å². The first kappa shape index (κ1) is 9.57. The topological polar surface area (TPSA) is 26.0 Å². The largest absolute Gasteiger partial charge is 0.398 e. The Hall–Kier alpha value is -0.980. The van der Waals surface area contributed by atoms with Gasteiger partial charge in [0.2, 0.25) is 0 Å². The van der Waals surface area contributed by atoms with Crippen LogP contribution in [-0.2, 0) is 0 Å². The van der Waals surface area contributed by atoms with Crippen LogP contribution in [-0.4, -0.2) is 0 Å². The van der Waals surface area contributed by atoms with E-state index in [2.05, 4.69) is 39.8 Å². The van der Waals surface area contributed by atoms with Crippen molar-refractivity contribution in [3.05, 3.63) is 28.8 Å². The van der Waals surface area contributed by atoms with Gasteiger partial charge >= 0.3 is 0 Å². The fourth-order valence-electron chi connectivity index (χ4n) is 2.25. The van der Waals surface area contributed by atoms with Crippen molar-refractivity contribution in [3.63, 3.8) is 0 Å². The van der Waals surface area contributed by atoms with Crippen LogP contribution in [0, 0.1) is 19.3 Å². The van der Waals surface area contributed by atoms with Crippen LogP contribution in [0.5, 0.6) is 0 Å². The Labute approximate surface area is 86.3 Å². The van der Waals surface area contributed by atoms with Crippen LogP contribution in [0.3, 0.4) is 0 Å². The van der Waals surface area contributed by atoms with Crippen LogP contribution in [0.15, 0.2) is 12.1 Å². The Morgan fingerprint density at radius 1 is 1.21 bits per heavy atom. The van der Waals surface area contributed by atoms with Crippen molar-refractivity contribution in [2.75, 3.05) is 5.73 Å². The summed E-state index contributed by atoms with van der Waals surface area (Å²) in [6, 6.07) is 4.50. The lowest BCUT2D eigenvalue weighted by atomic mass is 9.98. The summed E-state index contributed by atoms with van der Waals surface area (Å²) in [5, 5.41) is 0. The van der Waals surface area contributed by atoms with Gasteiger partial charge in [-0.15, -0.1) is 0 Å². The zero-order valence-corrected chi connectivity index (χ0v) is 9.52. The average molecular weight is 189 g/mol. The van der Waals surface area contributed by atoms with Gasteiger partial charge in [-0.05, 0) is 48.3 Å². The molecule has 0 aromatic heterocycles. The second kappa shape index (κ2) is 2.75. The van der Waals surface area contributed by atoms with Crippen molar-refractivity contribution >= 4 is 5.69 Å². The molecular formula is C13H19N. The average Bonchev–Trinajstić information content (AvgIpc) is 2.70. The van der Waals surface area contributed by atoms with E-state index in [-0.39, 0.29) is 0 Å². The molecular weight excluding hydrogens is 170 g/mol. The van der Waals surface area contributed by atoms with Gasteiger partial charge in [-0.25, -0.2) is 0 Å². The maximum atomic E-state index is 5.94. The molecule has 0 aliphatic heterocycles. The Balaban J connectivity index is 2.38. The minimum atomic E-state index is 0.509. The van der Waals surface area contributed by atoms with E-state index in [1.165, 1.54) is 23.1 Å². The molecule has 0 saturated heterocycles. The third-order valence-corrected chi connectivity index (χ3v) is 3.53. The summed E-state index contributed by atoms with van der Waals surface area (Å²) in [6.07, 6.45) is 1.32. The van der Waals surface area contributed by atoms with E-state index in [9.17, 15) is 0 Å². The third kappa shape index (κ3) is 1.41. The Bertz CT molecular complexity index is 354. The summed E-state index contributed by atoms with van der Waals surface area (Å²) in [7, 11) is 0. The predicted molar refractivity (Wildman–Crippen MR) is 61.5 cm³/mol. The van der Waals surface area contributed by atoms with Crippen LogP contribution < -0.4 is 5.73 Å². The first-order valence-electron chi connectivity index (χ1n) is 5.28. The highest BCUT2D eigenvalue weighted by Gasteiger charge is 2.46. The van der Waals surface area contributed by atoms with Gasteiger partial charge in [0.1, 0.15) is 0 Å². The molecule has 14 heavy (non-hydrogen) atoms. The third-order valence-electron chi connectivity index (χ3n) is 3.53. The standard InChI is InChI=1S/C13H19N/c1-8-5-10(6-9(2)12(8)14)11-7-13(11,3)4/h5-6,11H,7,14H2,1-4H3. The Morgan fingerprint density at radius 3 is 2.00 bits per heavy atom. The van der Waals surface area contributed by atoms with Crippen molar-refractivity contribution in [2.24, 2.45) is 5.41 Å². The van der Waals surface area contributed by atoms with E-state index >= 15 is 0 Å². The summed E-state index contributed by atoms with van der Waals surface area (Å²) < 4.78 is 0. The molecule has 1 nitrogen and oxygen atoms in total. The number of rotatable bonds is 1. The zero-order chi connectivity index (χ0) is 10.5. The van der Waals surface area contributed by atoms with Crippen molar-refractivity contribution in [2.45, 2.75) is 40.0 Å². The SMILES string of the molecule is Cc1cc(C2CC2(C)C)cc(C)c1N. The Morgan fingerprint density at radius 2 is 1.64 bits per heavy atom. The van der Waals surface area contributed by atoms with E-state index in [4.69, 9.17) is 5.73 Å². The van der Waals surface area contributed by atoms with Crippen LogP contribution in [0.2, 0.25) is 0 Å². The zero-order valence-electron chi connectivity index (χ0n) is 9.52. The van der Waals surface area contributed by atoms with Gasteiger partial charge in [-0.2, -0.15) is 0 Å². The number of aryl methyl sites for hydroxylation is 2. The van der Waals surface area contributed by atoms with Gasteiger partial charge in [0, 0.05) is 5.69 Å². The first-order chi connectivity index (χ1) is 6.42. The summed E-state index contributed by atoms with van der Waals surface area (Å²) in [5.41, 5.74) is 11.3. The fraction of sp³-hybridized carbons (Fsp3) is 0.538. The Kier molecular flexibility index (Phi) is 1.88. The summed E-state index contributed by atoms with van der Waals surface area (Å²) >= 11 is 0. The molecule has 1 aromatic carbocycles. The van der Waals surface area contributed by atoms with Crippen LogP contribution in [0.4, 0.5) is 5.69 Å². The van der Waals surface area contributed by atoms with Crippen molar-refractivity contribution in [1.82, 2.24) is 0 Å². The van der Waals surface area contributed by atoms with Crippen molar-refractivity contribution in [3.8, 4) is 0 Å². The van der Waals surface area contributed by atoms with Gasteiger partial charge in [-0.1, -0.05) is 26.0 Å². The molecule has 1 aliphatic carbocycles. The van der Waals surface area contributed by atoms with Crippen molar-refractivity contribution in [1.29, 1.82) is 0 Å². The van der Waals surface area contributed by atoms with E-state index in [1.807, 2.05) is 0 Å². The van der Waals surface area contributed by atoms with E-state index < -0.39 is 0 Å². The lowest BCUT2D eigenvalue weighted by Gasteiger charge is -2.10. The number of nitrogens with two attached hydrogens (primary N) is 1. The molecule has 0 bridgehead atoms. The van der Waals surface area contributed by atoms with Gasteiger partial charge in [-0.3, -0.25) is 0 Å². The number of hydrogen-bond acceptors (Lipinski definition) is 1. The smallest absolute Gasteiger partial charge is 0.0373 e. The molecule has 0 spiro atoms. The lowest BCUT2D eigenvalue weighted by molar-refractivity contribution is 0.621. The van der Waals surface area contributed by atoms with Gasteiger partial charge < -0.3 is 5.73 Å². The number of hydrogen-bond donors (Lipinski definition) is 1. The minimum absolute atomic E-state index is 0.509. The predicted octanol–water partition coefficient (Wildman–Crippen LogP) is 3.40. The highest BCUT2D eigenvalue weighted by Crippen LogP contribution is 2.58. The van der Waals surface area contributed by atoms with E-state index in [0.717, 1.165) is 11.6 Å². The number of nitrogen functional groups attached to an aromatic ring is 1. The molecule has 1 unspecified atom stereocenters. The lowest BCUT2D eigenvalue weighted by Crippen LogP contribution is -1.97. The maximum Gasteiger partial charge on any atom is 0.0373 e. The van der Waals surface area contributed by atoms with Crippen molar-refractivity contribution < 1.29 is 0 Å². The monoisotopic (exact) mass is 189 g/mol.